The largest absolute Gasteiger partial charge is 0.331 e. The van der Waals surface area contributed by atoms with E-state index in [-0.39, 0.29) is 30.7 Å². The van der Waals surface area contributed by atoms with Gasteiger partial charge in [-0.05, 0) is 57.0 Å². The minimum atomic E-state index is 0. The number of aryl methyl sites for hydroxylation is 1. The fourth-order valence-electron chi connectivity index (χ4n) is 3.79. The third-order valence-electron chi connectivity index (χ3n) is 5.04. The first kappa shape index (κ1) is 22.5. The molecule has 2 aliphatic rings. The van der Waals surface area contributed by atoms with E-state index in [0.717, 1.165) is 54.4 Å². The second kappa shape index (κ2) is 10.1. The number of carbonyl (C=O) groups is 1. The molecule has 148 valence electrons. The molecule has 0 saturated carbocycles. The molecule has 2 saturated heterocycles. The number of hydrogen-bond donors (Lipinski definition) is 1. The van der Waals surface area contributed by atoms with Crippen LogP contribution in [0.2, 0.25) is 0 Å². The van der Waals surface area contributed by atoms with Gasteiger partial charge >= 0.3 is 0 Å². The average molecular weight is 446 g/mol. The quantitative estimate of drug-likeness (QED) is 0.700. The van der Waals surface area contributed by atoms with Gasteiger partial charge in [-0.25, -0.2) is 4.98 Å². The molecule has 3 heterocycles. The average Bonchev–Trinajstić information content (AvgIpc) is 3.14. The number of amides is 1. The van der Waals surface area contributed by atoms with Crippen LogP contribution in [0.15, 0.2) is 34.5 Å². The summed E-state index contributed by atoms with van der Waals surface area (Å²) >= 11 is 3.46. The molecule has 2 bridgehead atoms. The van der Waals surface area contributed by atoms with Gasteiger partial charge in [0.15, 0.2) is 0 Å². The van der Waals surface area contributed by atoms with Crippen molar-refractivity contribution in [3.8, 4) is 0 Å². The molecule has 2 unspecified atom stereocenters. The summed E-state index contributed by atoms with van der Waals surface area (Å²) in [5.41, 5.74) is 1.94. The van der Waals surface area contributed by atoms with Crippen molar-refractivity contribution in [2.45, 2.75) is 48.9 Å². The van der Waals surface area contributed by atoms with Crippen LogP contribution in [0.5, 0.6) is 0 Å². The third-order valence-corrected chi connectivity index (χ3v) is 6.91. The van der Waals surface area contributed by atoms with Gasteiger partial charge in [-0.2, -0.15) is 0 Å². The highest BCUT2D eigenvalue weighted by Crippen LogP contribution is 2.30. The first-order valence-electron chi connectivity index (χ1n) is 8.88. The number of nitrogens with one attached hydrogen (secondary N) is 1. The van der Waals surface area contributed by atoms with E-state index in [9.17, 15) is 4.79 Å². The van der Waals surface area contributed by atoms with E-state index in [0.29, 0.717) is 12.1 Å². The number of halogens is 2. The maximum absolute atomic E-state index is 13.0. The molecular formula is C19H25Cl2N3OS2. The minimum Gasteiger partial charge on any atom is -0.331 e. The first-order chi connectivity index (χ1) is 12.2. The molecule has 2 aliphatic heterocycles. The zero-order valence-corrected chi connectivity index (χ0v) is 18.5. The zero-order chi connectivity index (χ0) is 17.2. The summed E-state index contributed by atoms with van der Waals surface area (Å²) < 4.78 is 0. The van der Waals surface area contributed by atoms with Crippen LogP contribution >= 0.6 is 47.9 Å². The number of thioether (sulfide) groups is 1. The number of nitrogens with zero attached hydrogens (tertiary/aromatic N) is 2. The number of rotatable bonds is 4. The van der Waals surface area contributed by atoms with Crippen molar-refractivity contribution in [2.75, 3.05) is 13.1 Å². The smallest absolute Gasteiger partial charge is 0.254 e. The van der Waals surface area contributed by atoms with Gasteiger partial charge in [-0.3, -0.25) is 4.79 Å². The molecule has 8 heteroatoms. The number of thiazole rings is 1. The van der Waals surface area contributed by atoms with Gasteiger partial charge in [-0.1, -0.05) is 0 Å². The van der Waals surface area contributed by atoms with Gasteiger partial charge in [0.05, 0.1) is 10.7 Å². The van der Waals surface area contributed by atoms with Gasteiger partial charge < -0.3 is 10.2 Å². The van der Waals surface area contributed by atoms with Crippen LogP contribution in [-0.2, 0) is 5.75 Å². The van der Waals surface area contributed by atoms with Crippen molar-refractivity contribution in [3.63, 3.8) is 0 Å². The summed E-state index contributed by atoms with van der Waals surface area (Å²) in [5, 5.41) is 6.68. The molecule has 1 amide bonds. The highest BCUT2D eigenvalue weighted by atomic mass is 35.5. The molecule has 2 atom stereocenters. The molecule has 0 radical (unpaired) electrons. The Morgan fingerprint density at radius 3 is 2.67 bits per heavy atom. The molecule has 1 aromatic carbocycles. The third kappa shape index (κ3) is 5.18. The fraction of sp³-hybridized carbons (Fsp3) is 0.474. The van der Waals surface area contributed by atoms with Gasteiger partial charge in [0.1, 0.15) is 0 Å². The maximum atomic E-state index is 13.0. The van der Waals surface area contributed by atoms with Crippen LogP contribution in [0.4, 0.5) is 0 Å². The van der Waals surface area contributed by atoms with E-state index < -0.39 is 0 Å². The monoisotopic (exact) mass is 445 g/mol. The zero-order valence-electron chi connectivity index (χ0n) is 15.2. The van der Waals surface area contributed by atoms with Gasteiger partial charge in [0, 0.05) is 40.2 Å². The SMILES string of the molecule is Cc1nc(CSc2ccc(C(=O)N3C4CCNCC3CC4)cc2)cs1.Cl.Cl. The minimum absolute atomic E-state index is 0. The van der Waals surface area contributed by atoms with Crippen LogP contribution in [-0.4, -0.2) is 41.0 Å². The van der Waals surface area contributed by atoms with Crippen LogP contribution in [0.25, 0.3) is 0 Å². The topological polar surface area (TPSA) is 45.2 Å². The standard InChI is InChI=1S/C19H23N3OS2.2ClH/c1-13-21-15(11-24-13)12-25-18-6-2-14(3-7-18)19(23)22-16-4-5-17(22)10-20-9-8-16;;/h2-3,6-7,11,16-17,20H,4-5,8-10,12H2,1H3;2*1H. The first-order valence-corrected chi connectivity index (χ1v) is 10.7. The summed E-state index contributed by atoms with van der Waals surface area (Å²) in [6, 6.07) is 8.87. The molecule has 0 spiro atoms. The van der Waals surface area contributed by atoms with Crippen molar-refractivity contribution in [1.29, 1.82) is 0 Å². The summed E-state index contributed by atoms with van der Waals surface area (Å²) in [4.78, 5) is 20.8. The number of benzene rings is 1. The molecule has 1 aromatic heterocycles. The molecule has 4 rings (SSSR count). The van der Waals surface area contributed by atoms with Gasteiger partial charge in [-0.15, -0.1) is 47.9 Å². The Bertz CT molecular complexity index is 740. The number of fused-ring (bicyclic) bond motifs is 2. The van der Waals surface area contributed by atoms with Gasteiger partial charge in [0.25, 0.3) is 5.91 Å². The number of hydrogen-bond acceptors (Lipinski definition) is 5. The predicted octanol–water partition coefficient (Wildman–Crippen LogP) is 4.55. The second-order valence-electron chi connectivity index (χ2n) is 6.76. The van der Waals surface area contributed by atoms with Crippen LogP contribution in [0.1, 0.15) is 40.3 Å². The van der Waals surface area contributed by atoms with E-state index in [1.807, 2.05) is 19.1 Å². The Labute approximate surface area is 181 Å². The van der Waals surface area contributed by atoms with E-state index in [2.05, 4.69) is 32.7 Å². The molecule has 4 nitrogen and oxygen atoms in total. The second-order valence-corrected chi connectivity index (χ2v) is 8.87. The summed E-state index contributed by atoms with van der Waals surface area (Å²) in [6.45, 7) is 3.99. The Balaban J connectivity index is 0.00000131. The van der Waals surface area contributed by atoms with Crippen molar-refractivity contribution >= 4 is 53.8 Å². The van der Waals surface area contributed by atoms with Gasteiger partial charge in [0.2, 0.25) is 0 Å². The molecule has 1 N–H and O–H groups in total. The summed E-state index contributed by atoms with van der Waals surface area (Å²) in [7, 11) is 0. The van der Waals surface area contributed by atoms with Crippen molar-refractivity contribution < 1.29 is 4.79 Å². The van der Waals surface area contributed by atoms with Crippen LogP contribution < -0.4 is 5.32 Å². The summed E-state index contributed by atoms with van der Waals surface area (Å²) in [6.07, 6.45) is 3.35. The highest BCUT2D eigenvalue weighted by molar-refractivity contribution is 7.98. The highest BCUT2D eigenvalue weighted by Gasteiger charge is 2.38. The normalized spacial score (nSPS) is 21.1. The lowest BCUT2D eigenvalue weighted by Crippen LogP contribution is -2.42. The lowest BCUT2D eigenvalue weighted by atomic mass is 10.1. The number of aromatic nitrogens is 1. The molecule has 27 heavy (non-hydrogen) atoms. The lowest BCUT2D eigenvalue weighted by Gasteiger charge is -2.28. The summed E-state index contributed by atoms with van der Waals surface area (Å²) in [5.74, 6) is 1.07. The van der Waals surface area contributed by atoms with E-state index in [1.54, 1.807) is 23.1 Å². The van der Waals surface area contributed by atoms with E-state index >= 15 is 0 Å². The lowest BCUT2D eigenvalue weighted by molar-refractivity contribution is 0.0680. The van der Waals surface area contributed by atoms with Crippen molar-refractivity contribution in [3.05, 3.63) is 45.9 Å². The molecule has 2 aromatic rings. The molecule has 2 fully saturated rings. The molecular weight excluding hydrogens is 421 g/mol. The fourth-order valence-corrected chi connectivity index (χ4v) is 5.30. The van der Waals surface area contributed by atoms with Crippen LogP contribution in [0, 0.1) is 6.92 Å². The Morgan fingerprint density at radius 2 is 1.96 bits per heavy atom. The Kier molecular flexibility index (Phi) is 8.43. The van der Waals surface area contributed by atoms with Crippen LogP contribution in [0.3, 0.4) is 0 Å². The molecule has 0 aliphatic carbocycles. The Morgan fingerprint density at radius 1 is 1.22 bits per heavy atom. The van der Waals surface area contributed by atoms with Crippen molar-refractivity contribution in [1.82, 2.24) is 15.2 Å². The maximum Gasteiger partial charge on any atom is 0.254 e. The number of carbonyl (C=O) groups excluding carboxylic acids is 1. The van der Waals surface area contributed by atoms with E-state index in [4.69, 9.17) is 0 Å². The predicted molar refractivity (Wildman–Crippen MR) is 118 cm³/mol. The van der Waals surface area contributed by atoms with Crippen molar-refractivity contribution in [2.24, 2.45) is 0 Å². The van der Waals surface area contributed by atoms with E-state index in [1.165, 1.54) is 4.90 Å². The Hall–Kier alpha value is -0.790.